The van der Waals surface area contributed by atoms with Gasteiger partial charge in [0.2, 0.25) is 0 Å². The van der Waals surface area contributed by atoms with E-state index in [1.165, 1.54) is 0 Å². The molecule has 1 saturated heterocycles. The minimum Gasteiger partial charge on any atom is -0.665 e. The molecule has 1 aliphatic rings. The molecule has 0 amide bonds. The van der Waals surface area contributed by atoms with Gasteiger partial charge in [0.1, 0.15) is 0 Å². The summed E-state index contributed by atoms with van der Waals surface area (Å²) in [6, 6.07) is 0.131. The summed E-state index contributed by atoms with van der Waals surface area (Å²) in [5, 5.41) is 4.11. The number of rotatable bonds is 1. The summed E-state index contributed by atoms with van der Waals surface area (Å²) in [6.07, 6.45) is 1.75. The molecule has 0 saturated carbocycles. The summed E-state index contributed by atoms with van der Waals surface area (Å²) in [5.41, 5.74) is 7.59. The first-order valence-electron chi connectivity index (χ1n) is 2.59. The number of hydrogen-bond acceptors (Lipinski definition) is 0. The van der Waals surface area contributed by atoms with Crippen LogP contribution in [0.1, 0.15) is 0 Å². The molecule has 1 N–H and O–H groups in total. The van der Waals surface area contributed by atoms with Gasteiger partial charge in [-0.15, -0.1) is 14.9 Å². The summed E-state index contributed by atoms with van der Waals surface area (Å²) >= 11 is 0. The summed E-state index contributed by atoms with van der Waals surface area (Å²) in [5.74, 6) is 0. The first-order chi connectivity index (χ1) is 3.80. The van der Waals surface area contributed by atoms with Crippen LogP contribution in [0.15, 0.2) is 0 Å². The third-order valence-corrected chi connectivity index (χ3v) is 1.51. The molecule has 1 atom stereocenters. The Kier molecular flexibility index (Phi) is 5.06. The van der Waals surface area contributed by atoms with E-state index in [1.54, 1.807) is 0 Å². The minimum absolute atomic E-state index is 0. The van der Waals surface area contributed by atoms with Crippen LogP contribution in [0.2, 0.25) is 6.32 Å². The second kappa shape index (κ2) is 4.63. The van der Waals surface area contributed by atoms with Gasteiger partial charge >= 0.3 is 21.1 Å². The summed E-state index contributed by atoms with van der Waals surface area (Å²) in [6.45, 7) is 0. The zero-order valence-corrected chi connectivity index (χ0v) is 8.86. The maximum Gasteiger partial charge on any atom is 2.00 e. The molecule has 1 aliphatic heterocycles. The molecule has 0 aromatic carbocycles. The van der Waals surface area contributed by atoms with Crippen molar-refractivity contribution in [1.82, 2.24) is 0 Å². The fraction of sp³-hybridized carbons (Fsp3) is 0.750. The standard InChI is InChI=1S/C4H7BN2P.W/c6-4(8)3-1-5-2-7-3;/h3,6,8H,1-2H2;/q-2;+2. The molecule has 2 nitrogen and oxygen atoms in total. The number of nitrogens with zero attached hydrogens (tertiary/aromatic N) is 1. The van der Waals surface area contributed by atoms with E-state index in [-0.39, 0.29) is 27.1 Å². The predicted molar refractivity (Wildman–Crippen MR) is 40.2 cm³/mol. The van der Waals surface area contributed by atoms with Crippen LogP contribution in [0.5, 0.6) is 0 Å². The average molecular weight is 309 g/mol. The van der Waals surface area contributed by atoms with Crippen LogP contribution < -0.4 is 0 Å². The second-order valence-corrected chi connectivity index (χ2v) is 2.36. The Bertz CT molecular complexity index is 105. The van der Waals surface area contributed by atoms with Crippen LogP contribution in [0.3, 0.4) is 0 Å². The van der Waals surface area contributed by atoms with Crippen molar-refractivity contribution in [3.05, 3.63) is 11.1 Å². The molecule has 47 valence electrons. The molecule has 0 bridgehead atoms. The van der Waals surface area contributed by atoms with Crippen molar-refractivity contribution in [1.29, 1.82) is 0 Å². The second-order valence-electron chi connectivity index (χ2n) is 1.82. The van der Waals surface area contributed by atoms with Crippen molar-refractivity contribution >= 4 is 21.6 Å². The molecule has 0 aromatic heterocycles. The van der Waals surface area contributed by atoms with Crippen molar-refractivity contribution in [2.75, 3.05) is 6.44 Å². The molecular formula is C4H7BN2PW. The largest absolute Gasteiger partial charge is 2.00 e. The maximum atomic E-state index is 7.09. The fourth-order valence-corrected chi connectivity index (χ4v) is 0.927. The quantitative estimate of drug-likeness (QED) is 0.515. The number of nitrogens with one attached hydrogen (secondary N) is 1. The van der Waals surface area contributed by atoms with Crippen LogP contribution in [-0.4, -0.2) is 25.2 Å². The van der Waals surface area contributed by atoms with Crippen LogP contribution in [0.25, 0.3) is 11.1 Å². The van der Waals surface area contributed by atoms with Gasteiger partial charge in [-0.3, -0.25) is 0 Å². The van der Waals surface area contributed by atoms with Crippen molar-refractivity contribution in [2.24, 2.45) is 0 Å². The van der Waals surface area contributed by atoms with E-state index in [0.29, 0.717) is 5.42 Å². The van der Waals surface area contributed by atoms with E-state index < -0.39 is 0 Å². The van der Waals surface area contributed by atoms with Gasteiger partial charge in [0, 0.05) is 0 Å². The molecule has 0 aliphatic carbocycles. The van der Waals surface area contributed by atoms with Crippen LogP contribution in [-0.2, 0) is 21.1 Å². The summed E-state index contributed by atoms with van der Waals surface area (Å²) < 4.78 is 0. The van der Waals surface area contributed by atoms with E-state index in [1.807, 2.05) is 0 Å². The molecule has 1 radical (unpaired) electrons. The molecule has 1 unspecified atom stereocenters. The topological polar surface area (TPSA) is 37.9 Å². The van der Waals surface area contributed by atoms with Gasteiger partial charge in [-0.2, -0.15) is 11.9 Å². The van der Waals surface area contributed by atoms with Crippen LogP contribution in [0, 0.1) is 0 Å². The fourth-order valence-electron chi connectivity index (χ4n) is 0.718. The van der Waals surface area contributed by atoms with Gasteiger partial charge in [-0.25, -0.2) is 0 Å². The SMILES string of the molecule is [NH-]C(=P)C1C[B]C[N-]1.[W+2]. The molecule has 1 rings (SSSR count). The molecule has 0 aromatic rings. The Hall–Kier alpha value is 0.843. The predicted octanol–water partition coefficient (Wildman–Crippen LogP) is 1.14. The van der Waals surface area contributed by atoms with Crippen molar-refractivity contribution < 1.29 is 21.1 Å². The van der Waals surface area contributed by atoms with E-state index in [4.69, 9.17) is 5.73 Å². The van der Waals surface area contributed by atoms with Crippen LogP contribution in [0.4, 0.5) is 0 Å². The average Bonchev–Trinajstić information content (AvgIpc) is 2.12. The zero-order chi connectivity index (χ0) is 5.98. The molecule has 5 heteroatoms. The van der Waals surface area contributed by atoms with Gasteiger partial charge in [-0.1, -0.05) is 6.32 Å². The molecule has 1 heterocycles. The first kappa shape index (κ1) is 9.84. The third kappa shape index (κ3) is 2.95. The summed E-state index contributed by atoms with van der Waals surface area (Å²) in [7, 11) is 5.20. The van der Waals surface area contributed by atoms with Crippen molar-refractivity contribution in [2.45, 2.75) is 12.4 Å². The Balaban J connectivity index is 0.000000640. The first-order valence-corrected chi connectivity index (χ1v) is 3.09. The number of hydrogen-bond donors (Lipinski definition) is 0. The van der Waals surface area contributed by atoms with E-state index >= 15 is 0 Å². The smallest absolute Gasteiger partial charge is 0.665 e. The molecular weight excluding hydrogens is 302 g/mol. The van der Waals surface area contributed by atoms with Gasteiger partial charge in [0.25, 0.3) is 0 Å². The molecule has 0 spiro atoms. The Morgan fingerprint density at radius 1 is 1.78 bits per heavy atom. The normalized spacial score (nSPS) is 24.3. The van der Waals surface area contributed by atoms with Gasteiger partial charge in [-0.05, 0) is 0 Å². The third-order valence-electron chi connectivity index (χ3n) is 1.18. The van der Waals surface area contributed by atoms with E-state index in [9.17, 15) is 0 Å². The Morgan fingerprint density at radius 3 is 2.67 bits per heavy atom. The Labute approximate surface area is 72.7 Å². The van der Waals surface area contributed by atoms with E-state index in [2.05, 4.69) is 21.5 Å². The van der Waals surface area contributed by atoms with Gasteiger partial charge in [0.05, 0.1) is 7.28 Å². The maximum absolute atomic E-state index is 7.09. The molecule has 1 fully saturated rings. The monoisotopic (exact) mass is 309 g/mol. The van der Waals surface area contributed by atoms with E-state index in [0.717, 1.165) is 12.8 Å². The van der Waals surface area contributed by atoms with Crippen molar-refractivity contribution in [3.8, 4) is 0 Å². The minimum atomic E-state index is 0. The van der Waals surface area contributed by atoms with Gasteiger partial charge in [0.15, 0.2) is 0 Å². The molecule has 9 heavy (non-hydrogen) atoms. The summed E-state index contributed by atoms with van der Waals surface area (Å²) in [4.78, 5) is 0. The van der Waals surface area contributed by atoms with Gasteiger partial charge < -0.3 is 11.1 Å². The van der Waals surface area contributed by atoms with Crippen molar-refractivity contribution in [3.63, 3.8) is 0 Å². The Morgan fingerprint density at radius 2 is 2.44 bits per heavy atom. The zero-order valence-electron chi connectivity index (χ0n) is 4.92. The van der Waals surface area contributed by atoms with Crippen LogP contribution >= 0.6 is 8.86 Å².